The zero-order chi connectivity index (χ0) is 18.7. The third kappa shape index (κ3) is 6.44. The molecule has 4 heteroatoms. The minimum atomic E-state index is 0.0239. The molecule has 136 valence electrons. The lowest BCUT2D eigenvalue weighted by molar-refractivity contribution is 0.0663. The summed E-state index contributed by atoms with van der Waals surface area (Å²) in [6.07, 6.45) is 2.04. The van der Waals surface area contributed by atoms with E-state index in [4.69, 9.17) is 0 Å². The number of carbonyl (C=O) groups is 2. The number of nitrogens with zero attached hydrogens (tertiary/aromatic N) is 2. The predicted octanol–water partition coefficient (Wildman–Crippen LogP) is 4.11. The molecular weight excluding hydrogens is 300 g/mol. The Balaban J connectivity index is 0.00000123. The molecule has 0 aliphatic carbocycles. The Labute approximate surface area is 147 Å². The molecule has 1 aromatic carbocycles. The maximum absolute atomic E-state index is 12.4. The van der Waals surface area contributed by atoms with E-state index in [0.717, 1.165) is 25.9 Å². The van der Waals surface area contributed by atoms with Crippen LogP contribution in [-0.2, 0) is 0 Å². The molecule has 0 N–H and O–H groups in total. The summed E-state index contributed by atoms with van der Waals surface area (Å²) in [6, 6.07) is 7.51. The van der Waals surface area contributed by atoms with Gasteiger partial charge in [0.15, 0.2) is 5.78 Å². The van der Waals surface area contributed by atoms with Crippen molar-refractivity contribution in [2.45, 2.75) is 53.5 Å². The third-order valence-corrected chi connectivity index (χ3v) is 4.02. The minimum absolute atomic E-state index is 0.0239. The number of amides is 1. The van der Waals surface area contributed by atoms with Crippen molar-refractivity contribution in [3.63, 3.8) is 0 Å². The predicted molar refractivity (Wildman–Crippen MR) is 102 cm³/mol. The number of hydrogen-bond donors (Lipinski definition) is 0. The molecule has 0 radical (unpaired) electrons. The van der Waals surface area contributed by atoms with Crippen molar-refractivity contribution in [2.75, 3.05) is 27.2 Å². The zero-order valence-electron chi connectivity index (χ0n) is 16.4. The van der Waals surface area contributed by atoms with Gasteiger partial charge in [-0.15, -0.1) is 0 Å². The average molecular weight is 335 g/mol. The number of benzene rings is 1. The molecule has 1 saturated heterocycles. The first kappa shape index (κ1) is 22.3. The summed E-state index contributed by atoms with van der Waals surface area (Å²) in [7, 11) is 4.17. The summed E-state index contributed by atoms with van der Waals surface area (Å²) < 4.78 is 0. The highest BCUT2D eigenvalue weighted by molar-refractivity contribution is 5.97. The number of hydrogen-bond acceptors (Lipinski definition) is 3. The number of rotatable bonds is 3. The average Bonchev–Trinajstić information content (AvgIpc) is 2.64. The van der Waals surface area contributed by atoms with Crippen LogP contribution in [0.5, 0.6) is 0 Å². The number of Topliss-reactive ketones (excluding diaryl/α,β-unsaturated/α-hetero) is 1. The van der Waals surface area contributed by atoms with Crippen molar-refractivity contribution >= 4 is 11.7 Å². The number of likely N-dealkylation sites (tertiary alicyclic amines) is 1. The summed E-state index contributed by atoms with van der Waals surface area (Å²) in [6.45, 7) is 11.1. The Morgan fingerprint density at radius 1 is 0.917 bits per heavy atom. The van der Waals surface area contributed by atoms with Crippen molar-refractivity contribution in [2.24, 2.45) is 0 Å². The van der Waals surface area contributed by atoms with E-state index in [1.165, 1.54) is 6.92 Å². The summed E-state index contributed by atoms with van der Waals surface area (Å²) in [5, 5.41) is 0. The molecule has 1 heterocycles. The van der Waals surface area contributed by atoms with Crippen molar-refractivity contribution in [1.82, 2.24) is 9.80 Å². The molecule has 0 saturated carbocycles. The monoisotopic (exact) mass is 334 g/mol. The fourth-order valence-electron chi connectivity index (χ4n) is 2.62. The van der Waals surface area contributed by atoms with Gasteiger partial charge in [0, 0.05) is 30.3 Å². The van der Waals surface area contributed by atoms with E-state index in [0.29, 0.717) is 17.2 Å². The van der Waals surface area contributed by atoms with Gasteiger partial charge in [0.25, 0.3) is 5.91 Å². The molecule has 0 atom stereocenters. The summed E-state index contributed by atoms with van der Waals surface area (Å²) >= 11 is 0. The molecule has 24 heavy (non-hydrogen) atoms. The van der Waals surface area contributed by atoms with Crippen LogP contribution >= 0.6 is 0 Å². The van der Waals surface area contributed by atoms with Crippen LogP contribution in [0.15, 0.2) is 24.3 Å². The van der Waals surface area contributed by atoms with E-state index >= 15 is 0 Å². The van der Waals surface area contributed by atoms with Crippen molar-refractivity contribution in [3.05, 3.63) is 35.4 Å². The number of carbonyl (C=O) groups excluding carboxylic acids is 2. The van der Waals surface area contributed by atoms with Crippen LogP contribution in [0.4, 0.5) is 0 Å². The van der Waals surface area contributed by atoms with Gasteiger partial charge < -0.3 is 9.80 Å². The standard InChI is InChI=1S/C16H22N2O2.2C2H6/c1-12(19)13-4-6-14(7-5-13)16(20)18-10-8-15(9-11-18)17(2)3;2*1-2/h4-7,15H,8-11H2,1-3H3;2*1-2H3. The molecule has 1 amide bonds. The Morgan fingerprint density at radius 3 is 1.71 bits per heavy atom. The molecule has 0 unspecified atom stereocenters. The minimum Gasteiger partial charge on any atom is -0.339 e. The van der Waals surface area contributed by atoms with Gasteiger partial charge in [-0.1, -0.05) is 39.8 Å². The maximum atomic E-state index is 12.4. The van der Waals surface area contributed by atoms with E-state index in [2.05, 4.69) is 19.0 Å². The molecule has 1 aromatic rings. The van der Waals surface area contributed by atoms with Crippen LogP contribution in [0.2, 0.25) is 0 Å². The van der Waals surface area contributed by atoms with Crippen molar-refractivity contribution in [1.29, 1.82) is 0 Å². The topological polar surface area (TPSA) is 40.6 Å². The second kappa shape index (κ2) is 11.8. The molecule has 1 aliphatic rings. The zero-order valence-corrected chi connectivity index (χ0v) is 16.4. The van der Waals surface area contributed by atoms with Crippen molar-refractivity contribution < 1.29 is 9.59 Å². The lowest BCUT2D eigenvalue weighted by Crippen LogP contribution is -2.44. The Bertz CT molecular complexity index is 487. The molecular formula is C20H34N2O2. The van der Waals surface area contributed by atoms with Crippen LogP contribution < -0.4 is 0 Å². The van der Waals surface area contributed by atoms with Gasteiger partial charge in [0.2, 0.25) is 0 Å². The Morgan fingerprint density at radius 2 is 1.33 bits per heavy atom. The second-order valence-electron chi connectivity index (χ2n) is 5.62. The largest absolute Gasteiger partial charge is 0.339 e. The first-order valence-corrected chi connectivity index (χ1v) is 9.05. The van der Waals surface area contributed by atoms with Crippen LogP contribution in [0.1, 0.15) is 68.2 Å². The number of ketones is 1. The highest BCUT2D eigenvalue weighted by Crippen LogP contribution is 2.17. The van der Waals surface area contributed by atoms with Gasteiger partial charge >= 0.3 is 0 Å². The fraction of sp³-hybridized carbons (Fsp3) is 0.600. The van der Waals surface area contributed by atoms with E-state index in [1.54, 1.807) is 24.3 Å². The van der Waals surface area contributed by atoms with Gasteiger partial charge in [-0.05, 0) is 46.0 Å². The third-order valence-electron chi connectivity index (χ3n) is 4.02. The Kier molecular flexibility index (Phi) is 11.0. The van der Waals surface area contributed by atoms with Gasteiger partial charge in [-0.3, -0.25) is 9.59 Å². The van der Waals surface area contributed by atoms with Crippen LogP contribution in [-0.4, -0.2) is 54.7 Å². The SMILES string of the molecule is CC.CC.CC(=O)c1ccc(C(=O)N2CCC(N(C)C)CC2)cc1. The summed E-state index contributed by atoms with van der Waals surface area (Å²) in [5.74, 6) is 0.0908. The summed E-state index contributed by atoms with van der Waals surface area (Å²) in [5.41, 5.74) is 1.31. The van der Waals surface area contributed by atoms with Gasteiger partial charge in [-0.2, -0.15) is 0 Å². The van der Waals surface area contributed by atoms with Gasteiger partial charge in [-0.25, -0.2) is 0 Å². The molecule has 4 nitrogen and oxygen atoms in total. The summed E-state index contributed by atoms with van der Waals surface area (Å²) in [4.78, 5) is 27.7. The first-order chi connectivity index (χ1) is 11.5. The molecule has 2 rings (SSSR count). The maximum Gasteiger partial charge on any atom is 0.253 e. The van der Waals surface area contributed by atoms with Crippen molar-refractivity contribution in [3.8, 4) is 0 Å². The highest BCUT2D eigenvalue weighted by Gasteiger charge is 2.24. The van der Waals surface area contributed by atoms with Crippen LogP contribution in [0.3, 0.4) is 0 Å². The van der Waals surface area contributed by atoms with Gasteiger partial charge in [0.05, 0.1) is 0 Å². The van der Waals surface area contributed by atoms with E-state index in [-0.39, 0.29) is 11.7 Å². The molecule has 1 aliphatic heterocycles. The smallest absolute Gasteiger partial charge is 0.253 e. The first-order valence-electron chi connectivity index (χ1n) is 9.05. The molecule has 1 fully saturated rings. The van der Waals surface area contributed by atoms with E-state index in [1.807, 2.05) is 32.6 Å². The molecule has 0 bridgehead atoms. The van der Waals surface area contributed by atoms with E-state index < -0.39 is 0 Å². The number of piperidine rings is 1. The lowest BCUT2D eigenvalue weighted by atomic mass is 10.0. The highest BCUT2D eigenvalue weighted by atomic mass is 16.2. The fourth-order valence-corrected chi connectivity index (χ4v) is 2.62. The molecule has 0 aromatic heterocycles. The quantitative estimate of drug-likeness (QED) is 0.781. The van der Waals surface area contributed by atoms with Gasteiger partial charge in [0.1, 0.15) is 0 Å². The Hall–Kier alpha value is -1.68. The van der Waals surface area contributed by atoms with E-state index in [9.17, 15) is 9.59 Å². The lowest BCUT2D eigenvalue weighted by Gasteiger charge is -2.35. The second-order valence-corrected chi connectivity index (χ2v) is 5.62. The van der Waals surface area contributed by atoms with Crippen LogP contribution in [0.25, 0.3) is 0 Å². The molecule has 0 spiro atoms. The normalized spacial score (nSPS) is 14.2. The van der Waals surface area contributed by atoms with Crippen LogP contribution in [0, 0.1) is 0 Å².